The molecule has 2 aromatic carbocycles. The lowest BCUT2D eigenvalue weighted by molar-refractivity contribution is -0.119. The molecule has 1 saturated carbocycles. The van der Waals surface area contributed by atoms with Gasteiger partial charge >= 0.3 is 6.09 Å². The van der Waals surface area contributed by atoms with Gasteiger partial charge in [-0.3, -0.25) is 4.79 Å². The number of nitrogens with one attached hydrogen (secondary N) is 1. The Morgan fingerprint density at radius 2 is 1.69 bits per heavy atom. The number of aliphatic hydroxyl groups is 1. The third-order valence-electron chi connectivity index (χ3n) is 5.34. The van der Waals surface area contributed by atoms with Gasteiger partial charge < -0.3 is 15.2 Å². The van der Waals surface area contributed by atoms with E-state index in [4.69, 9.17) is 4.74 Å². The predicted molar refractivity (Wildman–Crippen MR) is 96.8 cm³/mol. The molecule has 1 fully saturated rings. The van der Waals surface area contributed by atoms with Crippen LogP contribution in [-0.2, 0) is 9.53 Å². The van der Waals surface area contributed by atoms with E-state index in [0.29, 0.717) is 12.8 Å². The number of carbonyl (C=O) groups is 2. The van der Waals surface area contributed by atoms with Gasteiger partial charge in [0.25, 0.3) is 0 Å². The summed E-state index contributed by atoms with van der Waals surface area (Å²) in [5.41, 5.74) is 4.65. The molecule has 2 atom stereocenters. The zero-order chi connectivity index (χ0) is 18.1. The number of ketones is 1. The third-order valence-corrected chi connectivity index (χ3v) is 5.34. The fraction of sp³-hybridized carbons (Fsp3) is 0.333. The first-order chi connectivity index (χ1) is 12.7. The molecule has 0 aromatic heterocycles. The summed E-state index contributed by atoms with van der Waals surface area (Å²) in [7, 11) is 0. The highest BCUT2D eigenvalue weighted by Gasteiger charge is 2.34. The highest BCUT2D eigenvalue weighted by atomic mass is 16.5. The molecular weight excluding hydrogens is 330 g/mol. The van der Waals surface area contributed by atoms with Crippen molar-refractivity contribution in [1.82, 2.24) is 5.32 Å². The lowest BCUT2D eigenvalue weighted by atomic mass is 9.98. The second-order valence-electron chi connectivity index (χ2n) is 6.98. The van der Waals surface area contributed by atoms with Gasteiger partial charge in [-0.15, -0.1) is 0 Å². The van der Waals surface area contributed by atoms with Gasteiger partial charge in [-0.05, 0) is 34.6 Å². The molecule has 2 aromatic rings. The molecule has 0 heterocycles. The average molecular weight is 351 g/mol. The number of carbonyl (C=O) groups excluding carboxylic acids is 2. The number of amides is 1. The minimum atomic E-state index is -0.580. The fourth-order valence-corrected chi connectivity index (χ4v) is 4.04. The molecule has 0 bridgehead atoms. The molecule has 4 rings (SSSR count). The Bertz CT molecular complexity index is 802. The molecule has 0 spiro atoms. The van der Waals surface area contributed by atoms with Gasteiger partial charge in [0.1, 0.15) is 6.61 Å². The standard InChI is InChI=1S/C21H21NO4/c23-11-13-9-19(20(24)10-13)22-21(25)26-12-18-16-7-3-1-5-14(16)15-6-2-4-8-17(15)18/h1-8,13,18-19,23H,9-12H2,(H,22,25)/t13?,19-/m0/s1. The van der Waals surface area contributed by atoms with Crippen LogP contribution in [0.25, 0.3) is 11.1 Å². The van der Waals surface area contributed by atoms with Crippen LogP contribution in [0.3, 0.4) is 0 Å². The number of aliphatic hydroxyl groups excluding tert-OH is 1. The van der Waals surface area contributed by atoms with Gasteiger partial charge in [0.2, 0.25) is 0 Å². The van der Waals surface area contributed by atoms with E-state index in [1.165, 1.54) is 11.1 Å². The van der Waals surface area contributed by atoms with Gasteiger partial charge in [0.15, 0.2) is 5.78 Å². The lowest BCUT2D eigenvalue weighted by Crippen LogP contribution is -2.38. The van der Waals surface area contributed by atoms with Crippen LogP contribution in [0, 0.1) is 5.92 Å². The quantitative estimate of drug-likeness (QED) is 0.888. The molecule has 5 nitrogen and oxygen atoms in total. The van der Waals surface area contributed by atoms with E-state index in [0.717, 1.165) is 11.1 Å². The molecule has 0 saturated heterocycles. The molecule has 2 aliphatic carbocycles. The minimum Gasteiger partial charge on any atom is -0.449 e. The van der Waals surface area contributed by atoms with E-state index in [-0.39, 0.29) is 30.8 Å². The maximum absolute atomic E-state index is 12.2. The molecule has 134 valence electrons. The summed E-state index contributed by atoms with van der Waals surface area (Å²) in [6.07, 6.45) is 0.202. The molecule has 26 heavy (non-hydrogen) atoms. The molecule has 0 aliphatic heterocycles. The molecule has 1 amide bonds. The van der Waals surface area contributed by atoms with Crippen molar-refractivity contribution in [3.8, 4) is 11.1 Å². The Kier molecular flexibility index (Phi) is 4.47. The van der Waals surface area contributed by atoms with Crippen molar-refractivity contribution in [2.45, 2.75) is 24.8 Å². The van der Waals surface area contributed by atoms with E-state index in [9.17, 15) is 14.7 Å². The zero-order valence-electron chi connectivity index (χ0n) is 14.4. The van der Waals surface area contributed by atoms with Crippen LogP contribution in [0.1, 0.15) is 29.9 Å². The number of rotatable bonds is 4. The number of ether oxygens (including phenoxy) is 1. The highest BCUT2D eigenvalue weighted by Crippen LogP contribution is 2.44. The van der Waals surface area contributed by atoms with Gasteiger partial charge in [0.05, 0.1) is 6.04 Å². The summed E-state index contributed by atoms with van der Waals surface area (Å²) in [5, 5.41) is 11.8. The summed E-state index contributed by atoms with van der Waals surface area (Å²) >= 11 is 0. The van der Waals surface area contributed by atoms with Crippen molar-refractivity contribution in [1.29, 1.82) is 0 Å². The Morgan fingerprint density at radius 1 is 1.08 bits per heavy atom. The van der Waals surface area contributed by atoms with Crippen LogP contribution >= 0.6 is 0 Å². The number of alkyl carbamates (subject to hydrolysis) is 1. The van der Waals surface area contributed by atoms with E-state index in [1.54, 1.807) is 0 Å². The largest absolute Gasteiger partial charge is 0.449 e. The van der Waals surface area contributed by atoms with Crippen LogP contribution in [-0.4, -0.2) is 36.2 Å². The molecule has 2 aliphatic rings. The van der Waals surface area contributed by atoms with E-state index >= 15 is 0 Å². The number of hydrogen-bond acceptors (Lipinski definition) is 4. The molecule has 0 radical (unpaired) electrons. The molecule has 2 N–H and O–H groups in total. The summed E-state index contributed by atoms with van der Waals surface area (Å²) < 4.78 is 5.45. The van der Waals surface area contributed by atoms with Gasteiger partial charge in [-0.1, -0.05) is 48.5 Å². The van der Waals surface area contributed by atoms with Crippen molar-refractivity contribution in [3.05, 3.63) is 59.7 Å². The van der Waals surface area contributed by atoms with E-state index in [1.807, 2.05) is 24.3 Å². The third kappa shape index (κ3) is 2.99. The number of benzene rings is 2. The van der Waals surface area contributed by atoms with Crippen molar-refractivity contribution < 1.29 is 19.4 Å². The summed E-state index contributed by atoms with van der Waals surface area (Å²) in [4.78, 5) is 24.1. The molecular formula is C21H21NO4. The maximum Gasteiger partial charge on any atom is 0.407 e. The first-order valence-corrected chi connectivity index (χ1v) is 8.92. The van der Waals surface area contributed by atoms with Crippen molar-refractivity contribution in [2.75, 3.05) is 13.2 Å². The van der Waals surface area contributed by atoms with Gasteiger partial charge in [0, 0.05) is 18.9 Å². The lowest BCUT2D eigenvalue weighted by Gasteiger charge is -2.16. The van der Waals surface area contributed by atoms with Crippen molar-refractivity contribution in [3.63, 3.8) is 0 Å². The number of fused-ring (bicyclic) bond motifs is 3. The first kappa shape index (κ1) is 16.8. The summed E-state index contributed by atoms with van der Waals surface area (Å²) in [6.45, 7) is 0.193. The van der Waals surface area contributed by atoms with Gasteiger partial charge in [-0.25, -0.2) is 4.79 Å². The summed E-state index contributed by atoms with van der Waals surface area (Å²) in [6, 6.07) is 15.7. The van der Waals surface area contributed by atoms with Crippen LogP contribution < -0.4 is 5.32 Å². The van der Waals surface area contributed by atoms with Crippen LogP contribution in [0.2, 0.25) is 0 Å². The van der Waals surface area contributed by atoms with Crippen LogP contribution in [0.5, 0.6) is 0 Å². The smallest absolute Gasteiger partial charge is 0.407 e. The number of hydrogen-bond donors (Lipinski definition) is 2. The Hall–Kier alpha value is -2.66. The number of Topliss-reactive ketones (excluding diaryl/α,β-unsaturated/α-hetero) is 1. The zero-order valence-corrected chi connectivity index (χ0v) is 14.4. The monoisotopic (exact) mass is 351 g/mol. The van der Waals surface area contributed by atoms with E-state index in [2.05, 4.69) is 29.6 Å². The topological polar surface area (TPSA) is 75.6 Å². The average Bonchev–Trinajstić information content (AvgIpc) is 3.18. The predicted octanol–water partition coefficient (Wildman–Crippen LogP) is 2.87. The van der Waals surface area contributed by atoms with Crippen LogP contribution in [0.15, 0.2) is 48.5 Å². The van der Waals surface area contributed by atoms with E-state index < -0.39 is 12.1 Å². The summed E-state index contributed by atoms with van der Waals surface area (Å²) in [5.74, 6) is -0.114. The second kappa shape index (κ2) is 6.92. The molecule has 1 unspecified atom stereocenters. The van der Waals surface area contributed by atoms with Gasteiger partial charge in [-0.2, -0.15) is 0 Å². The Morgan fingerprint density at radius 3 is 2.27 bits per heavy atom. The van der Waals surface area contributed by atoms with Crippen LogP contribution in [0.4, 0.5) is 4.79 Å². The Balaban J connectivity index is 1.43. The fourth-order valence-electron chi connectivity index (χ4n) is 4.04. The second-order valence-corrected chi connectivity index (χ2v) is 6.98. The molecule has 5 heteroatoms. The highest BCUT2D eigenvalue weighted by molar-refractivity contribution is 5.89. The minimum absolute atomic E-state index is 0.00220. The van der Waals surface area contributed by atoms with Crippen molar-refractivity contribution >= 4 is 11.9 Å². The first-order valence-electron chi connectivity index (χ1n) is 8.92. The maximum atomic E-state index is 12.2. The SMILES string of the molecule is O=C(N[C@H]1CC(CO)CC1=O)OCC1c2ccccc2-c2ccccc21. The van der Waals surface area contributed by atoms with Crippen molar-refractivity contribution in [2.24, 2.45) is 5.92 Å². The normalized spacial score (nSPS) is 21.3. The Labute approximate surface area is 152 Å².